The Morgan fingerprint density at radius 2 is 1.58 bits per heavy atom. The summed E-state index contributed by atoms with van der Waals surface area (Å²) >= 11 is 0. The minimum Gasteiger partial charge on any atom is -0.339 e. The fourth-order valence-corrected chi connectivity index (χ4v) is 4.35. The molecule has 0 radical (unpaired) electrons. The lowest BCUT2D eigenvalue weighted by Crippen LogP contribution is -2.41. The van der Waals surface area contributed by atoms with Crippen molar-refractivity contribution in [2.75, 3.05) is 18.4 Å². The summed E-state index contributed by atoms with van der Waals surface area (Å²) in [5, 5.41) is 2.84. The third-order valence-electron chi connectivity index (χ3n) is 6.04. The van der Waals surface area contributed by atoms with Crippen molar-refractivity contribution in [3.63, 3.8) is 0 Å². The van der Waals surface area contributed by atoms with Gasteiger partial charge in [-0.2, -0.15) is 0 Å². The third-order valence-corrected chi connectivity index (χ3v) is 6.04. The molecule has 6 heteroatoms. The maximum Gasteiger partial charge on any atom is 0.253 e. The summed E-state index contributed by atoms with van der Waals surface area (Å²) in [5.41, 5.74) is 3.57. The van der Waals surface area contributed by atoms with E-state index in [4.69, 9.17) is 0 Å². The van der Waals surface area contributed by atoms with Gasteiger partial charge in [0.1, 0.15) is 5.82 Å². The van der Waals surface area contributed by atoms with Gasteiger partial charge in [0.25, 0.3) is 5.91 Å². The van der Waals surface area contributed by atoms with Gasteiger partial charge in [0.15, 0.2) is 5.78 Å². The molecule has 2 amide bonds. The molecule has 0 atom stereocenters. The fourth-order valence-electron chi connectivity index (χ4n) is 4.35. The van der Waals surface area contributed by atoms with Crippen molar-refractivity contribution in [1.29, 1.82) is 0 Å². The van der Waals surface area contributed by atoms with E-state index in [-0.39, 0.29) is 23.5 Å². The molecule has 31 heavy (non-hydrogen) atoms. The Kier molecular flexibility index (Phi) is 4.82. The smallest absolute Gasteiger partial charge is 0.253 e. The topological polar surface area (TPSA) is 79.4 Å². The van der Waals surface area contributed by atoms with Crippen LogP contribution in [0.15, 0.2) is 66.9 Å². The van der Waals surface area contributed by atoms with Gasteiger partial charge in [-0.1, -0.05) is 36.4 Å². The highest BCUT2D eigenvalue weighted by atomic mass is 16.2. The second-order valence-corrected chi connectivity index (χ2v) is 7.91. The molecule has 1 aliphatic heterocycles. The summed E-state index contributed by atoms with van der Waals surface area (Å²) in [6.07, 6.45) is 2.83. The molecule has 1 saturated heterocycles. The van der Waals surface area contributed by atoms with Crippen molar-refractivity contribution in [1.82, 2.24) is 9.88 Å². The Morgan fingerprint density at radius 3 is 2.32 bits per heavy atom. The summed E-state index contributed by atoms with van der Waals surface area (Å²) < 4.78 is 0. The first-order chi connectivity index (χ1) is 15.1. The maximum atomic E-state index is 13.1. The molecular formula is C25H21N3O3. The third kappa shape index (κ3) is 3.50. The SMILES string of the molecule is O=C1c2ccccc2-c2ccc(C(=O)N3CCC(C(=O)Nc4ccccn4)CC3)cc21. The molecule has 1 N–H and O–H groups in total. The Balaban J connectivity index is 1.25. The highest BCUT2D eigenvalue weighted by Gasteiger charge is 2.30. The number of ketones is 1. The highest BCUT2D eigenvalue weighted by molar-refractivity contribution is 6.22. The van der Waals surface area contributed by atoms with Crippen LogP contribution in [0.5, 0.6) is 0 Å². The summed E-state index contributed by atoms with van der Waals surface area (Å²) in [6.45, 7) is 1.01. The number of carbonyl (C=O) groups excluding carboxylic acids is 3. The van der Waals surface area contributed by atoms with Crippen molar-refractivity contribution in [3.8, 4) is 11.1 Å². The summed E-state index contributed by atoms with van der Waals surface area (Å²) in [6, 6.07) is 18.2. The molecule has 154 valence electrons. The van der Waals surface area contributed by atoms with Gasteiger partial charge in [0.05, 0.1) is 0 Å². The van der Waals surface area contributed by atoms with E-state index in [9.17, 15) is 14.4 Å². The number of nitrogens with zero attached hydrogens (tertiary/aromatic N) is 2. The molecule has 0 unspecified atom stereocenters. The number of likely N-dealkylation sites (tertiary alicyclic amines) is 1. The van der Waals surface area contributed by atoms with E-state index < -0.39 is 0 Å². The molecule has 0 saturated carbocycles. The van der Waals surface area contributed by atoms with Gasteiger partial charge in [-0.25, -0.2) is 4.98 Å². The number of carbonyl (C=O) groups is 3. The van der Waals surface area contributed by atoms with E-state index in [0.717, 1.165) is 11.1 Å². The van der Waals surface area contributed by atoms with E-state index >= 15 is 0 Å². The Morgan fingerprint density at radius 1 is 0.871 bits per heavy atom. The number of piperidine rings is 1. The number of fused-ring (bicyclic) bond motifs is 3. The van der Waals surface area contributed by atoms with Gasteiger partial charge in [-0.15, -0.1) is 0 Å². The summed E-state index contributed by atoms with van der Waals surface area (Å²) in [5.74, 6) is 0.184. The number of rotatable bonds is 3. The number of hydrogen-bond donors (Lipinski definition) is 1. The minimum absolute atomic E-state index is 0.0369. The number of aromatic nitrogens is 1. The number of amides is 2. The molecule has 1 aromatic heterocycles. The van der Waals surface area contributed by atoms with Gasteiger partial charge in [-0.3, -0.25) is 14.4 Å². The van der Waals surface area contributed by atoms with Crippen LogP contribution in [-0.2, 0) is 4.79 Å². The fraction of sp³-hybridized carbons (Fsp3) is 0.200. The average Bonchev–Trinajstić information content (AvgIpc) is 3.11. The van der Waals surface area contributed by atoms with Gasteiger partial charge >= 0.3 is 0 Å². The number of hydrogen-bond acceptors (Lipinski definition) is 4. The first-order valence-electron chi connectivity index (χ1n) is 10.4. The number of anilines is 1. The zero-order chi connectivity index (χ0) is 21.4. The van der Waals surface area contributed by atoms with Crippen LogP contribution in [0.2, 0.25) is 0 Å². The number of pyridine rings is 1. The molecule has 2 aliphatic rings. The lowest BCUT2D eigenvalue weighted by atomic mass is 9.95. The van der Waals surface area contributed by atoms with Crippen molar-refractivity contribution < 1.29 is 14.4 Å². The number of nitrogens with one attached hydrogen (secondary N) is 1. The Hall–Kier alpha value is -3.80. The molecule has 2 heterocycles. The lowest BCUT2D eigenvalue weighted by molar-refractivity contribution is -0.121. The van der Waals surface area contributed by atoms with E-state index in [1.54, 1.807) is 35.4 Å². The van der Waals surface area contributed by atoms with Crippen LogP contribution in [0.3, 0.4) is 0 Å². The van der Waals surface area contributed by atoms with Crippen LogP contribution in [0.4, 0.5) is 5.82 Å². The average molecular weight is 411 g/mol. The molecule has 1 aliphatic carbocycles. The van der Waals surface area contributed by atoms with E-state index in [1.807, 2.05) is 36.4 Å². The van der Waals surface area contributed by atoms with Gasteiger partial charge < -0.3 is 10.2 Å². The molecule has 0 bridgehead atoms. The minimum atomic E-state index is -0.151. The molecule has 3 aromatic rings. The van der Waals surface area contributed by atoms with Gasteiger partial charge in [0.2, 0.25) is 5.91 Å². The summed E-state index contributed by atoms with van der Waals surface area (Å²) in [4.78, 5) is 44.2. The molecular weight excluding hydrogens is 390 g/mol. The summed E-state index contributed by atoms with van der Waals surface area (Å²) in [7, 11) is 0. The molecule has 0 spiro atoms. The second kappa shape index (κ2) is 7.80. The van der Waals surface area contributed by atoms with Crippen molar-refractivity contribution >= 4 is 23.4 Å². The lowest BCUT2D eigenvalue weighted by Gasteiger charge is -2.31. The second-order valence-electron chi connectivity index (χ2n) is 7.91. The maximum absolute atomic E-state index is 13.1. The van der Waals surface area contributed by atoms with Crippen LogP contribution in [0.25, 0.3) is 11.1 Å². The van der Waals surface area contributed by atoms with Crippen LogP contribution in [0, 0.1) is 5.92 Å². The van der Waals surface area contributed by atoms with Crippen LogP contribution in [-0.4, -0.2) is 40.6 Å². The van der Waals surface area contributed by atoms with Crippen molar-refractivity contribution in [2.24, 2.45) is 5.92 Å². The number of benzene rings is 2. The normalized spacial score (nSPS) is 15.4. The monoisotopic (exact) mass is 411 g/mol. The predicted molar refractivity (Wildman–Crippen MR) is 117 cm³/mol. The molecule has 6 nitrogen and oxygen atoms in total. The zero-order valence-electron chi connectivity index (χ0n) is 16.9. The van der Waals surface area contributed by atoms with Crippen molar-refractivity contribution in [2.45, 2.75) is 12.8 Å². The largest absolute Gasteiger partial charge is 0.339 e. The van der Waals surface area contributed by atoms with Crippen LogP contribution >= 0.6 is 0 Å². The highest BCUT2D eigenvalue weighted by Crippen LogP contribution is 2.37. The van der Waals surface area contributed by atoms with E-state index in [1.165, 1.54) is 0 Å². The van der Waals surface area contributed by atoms with E-state index in [2.05, 4.69) is 10.3 Å². The predicted octanol–water partition coefficient (Wildman–Crippen LogP) is 3.78. The zero-order valence-corrected chi connectivity index (χ0v) is 16.9. The first kappa shape index (κ1) is 19.2. The molecule has 5 rings (SSSR count). The standard InChI is InChI=1S/C25H21N3O3/c29-23-20-6-2-1-5-18(20)19-9-8-17(15-21(19)23)25(31)28-13-10-16(11-14-28)24(30)27-22-7-3-4-12-26-22/h1-9,12,15-16H,10-11,13-14H2,(H,26,27,30). The van der Waals surface area contributed by atoms with Crippen LogP contribution < -0.4 is 5.32 Å². The quantitative estimate of drug-likeness (QED) is 0.556. The van der Waals surface area contributed by atoms with Gasteiger partial charge in [-0.05, 0) is 48.2 Å². The van der Waals surface area contributed by atoms with Crippen molar-refractivity contribution in [3.05, 3.63) is 83.6 Å². The molecule has 2 aromatic carbocycles. The van der Waals surface area contributed by atoms with E-state index in [0.29, 0.717) is 48.4 Å². The Labute approximate surface area is 179 Å². The van der Waals surface area contributed by atoms with Crippen LogP contribution in [0.1, 0.15) is 39.1 Å². The first-order valence-corrected chi connectivity index (χ1v) is 10.4. The Bertz CT molecular complexity index is 1180. The molecule has 1 fully saturated rings. The van der Waals surface area contributed by atoms with Gasteiger partial charge in [0, 0.05) is 41.9 Å².